The minimum absolute atomic E-state index is 0.410. The molecule has 0 bridgehead atoms. The average Bonchev–Trinajstić information content (AvgIpc) is 3.03. The molecule has 2 aliphatic carbocycles. The van der Waals surface area contributed by atoms with Crippen molar-refractivity contribution in [3.8, 4) is 0 Å². The Hall–Kier alpha value is -0.770. The van der Waals surface area contributed by atoms with Crippen molar-refractivity contribution in [1.82, 2.24) is 10.6 Å². The van der Waals surface area contributed by atoms with Gasteiger partial charge in [-0.2, -0.15) is 0 Å². The molecule has 2 rings (SSSR count). The molecule has 0 saturated heterocycles. The topological polar surface area (TPSA) is 45.7 Å². The monoisotopic (exact) mass is 267 g/mol. The van der Waals surface area contributed by atoms with Crippen LogP contribution in [-0.4, -0.2) is 38.8 Å². The van der Waals surface area contributed by atoms with Crippen LogP contribution in [0.2, 0.25) is 0 Å². The summed E-state index contributed by atoms with van der Waals surface area (Å²) < 4.78 is 5.24. The molecule has 0 aromatic heterocycles. The summed E-state index contributed by atoms with van der Waals surface area (Å²) in [6, 6.07) is 0.633. The number of nitrogens with zero attached hydrogens (tertiary/aromatic N) is 1. The van der Waals surface area contributed by atoms with Crippen molar-refractivity contribution in [2.24, 2.45) is 16.3 Å². The number of hydrogen-bond acceptors (Lipinski definition) is 2. The van der Waals surface area contributed by atoms with Crippen molar-refractivity contribution in [1.29, 1.82) is 0 Å². The lowest BCUT2D eigenvalue weighted by Gasteiger charge is -2.40. The maximum absolute atomic E-state index is 5.24. The minimum atomic E-state index is 0.410. The molecule has 0 aromatic rings. The van der Waals surface area contributed by atoms with Crippen LogP contribution >= 0.6 is 0 Å². The molecular formula is C15H29N3O. The Morgan fingerprint density at radius 1 is 1.42 bits per heavy atom. The number of aliphatic imine (C=N–C) groups is 1. The first-order chi connectivity index (χ1) is 9.19. The van der Waals surface area contributed by atoms with Crippen LogP contribution in [0.5, 0.6) is 0 Å². The van der Waals surface area contributed by atoms with E-state index in [1.165, 1.54) is 25.7 Å². The molecule has 2 N–H and O–H groups in total. The Morgan fingerprint density at radius 2 is 2.16 bits per heavy atom. The Kier molecular flexibility index (Phi) is 5.08. The summed E-state index contributed by atoms with van der Waals surface area (Å²) in [6.07, 6.45) is 6.38. The van der Waals surface area contributed by atoms with Gasteiger partial charge in [0.2, 0.25) is 0 Å². The van der Waals surface area contributed by atoms with E-state index in [9.17, 15) is 0 Å². The van der Waals surface area contributed by atoms with Crippen LogP contribution < -0.4 is 10.6 Å². The van der Waals surface area contributed by atoms with Crippen molar-refractivity contribution in [3.63, 3.8) is 0 Å². The summed E-state index contributed by atoms with van der Waals surface area (Å²) >= 11 is 0. The molecule has 2 fully saturated rings. The highest BCUT2D eigenvalue weighted by atomic mass is 16.5. The van der Waals surface area contributed by atoms with Gasteiger partial charge in [-0.3, -0.25) is 4.99 Å². The van der Waals surface area contributed by atoms with Crippen LogP contribution in [0.4, 0.5) is 0 Å². The SMILES string of the molecule is CCNC(=NCC1(CCOC)CCC1)NC1CC1C. The fourth-order valence-corrected chi connectivity index (χ4v) is 2.75. The largest absolute Gasteiger partial charge is 0.385 e. The molecule has 4 nitrogen and oxygen atoms in total. The van der Waals surface area contributed by atoms with E-state index < -0.39 is 0 Å². The summed E-state index contributed by atoms with van der Waals surface area (Å²) in [5.41, 5.74) is 0.410. The number of methoxy groups -OCH3 is 1. The van der Waals surface area contributed by atoms with Crippen molar-refractivity contribution in [3.05, 3.63) is 0 Å². The van der Waals surface area contributed by atoms with Gasteiger partial charge in [-0.25, -0.2) is 0 Å². The zero-order chi connectivity index (χ0) is 13.7. The second-order valence-electron chi connectivity index (χ2n) is 6.26. The average molecular weight is 267 g/mol. The number of guanidine groups is 1. The maximum atomic E-state index is 5.24. The van der Waals surface area contributed by atoms with Gasteiger partial charge in [0.15, 0.2) is 5.96 Å². The molecule has 0 spiro atoms. The Balaban J connectivity index is 1.84. The standard InChI is InChI=1S/C15H29N3O/c1-4-16-14(18-13-10-12(13)2)17-11-15(6-5-7-15)8-9-19-3/h12-13H,4-11H2,1-3H3,(H2,16,17,18). The molecule has 0 aromatic carbocycles. The molecule has 2 saturated carbocycles. The van der Waals surface area contributed by atoms with Gasteiger partial charge in [0, 0.05) is 32.8 Å². The predicted molar refractivity (Wildman–Crippen MR) is 79.5 cm³/mol. The van der Waals surface area contributed by atoms with Crippen LogP contribution in [0.25, 0.3) is 0 Å². The molecule has 0 amide bonds. The minimum Gasteiger partial charge on any atom is -0.385 e. The molecular weight excluding hydrogens is 238 g/mol. The molecule has 110 valence electrons. The molecule has 0 heterocycles. The summed E-state index contributed by atoms with van der Waals surface area (Å²) in [6.45, 7) is 7.13. The van der Waals surface area contributed by atoms with Gasteiger partial charge in [-0.15, -0.1) is 0 Å². The van der Waals surface area contributed by atoms with Crippen molar-refractivity contribution in [2.75, 3.05) is 26.8 Å². The van der Waals surface area contributed by atoms with Crippen LogP contribution in [0.3, 0.4) is 0 Å². The summed E-state index contributed by atoms with van der Waals surface area (Å²) in [4.78, 5) is 4.81. The molecule has 4 heteroatoms. The van der Waals surface area contributed by atoms with Crippen LogP contribution in [0, 0.1) is 11.3 Å². The molecule has 2 unspecified atom stereocenters. The van der Waals surface area contributed by atoms with E-state index >= 15 is 0 Å². The third kappa shape index (κ3) is 4.10. The number of ether oxygens (including phenoxy) is 1. The van der Waals surface area contributed by atoms with Gasteiger partial charge < -0.3 is 15.4 Å². The lowest BCUT2D eigenvalue weighted by Crippen LogP contribution is -2.41. The summed E-state index contributed by atoms with van der Waals surface area (Å²) in [5, 5.41) is 6.89. The Bertz CT molecular complexity index is 313. The highest BCUT2D eigenvalue weighted by molar-refractivity contribution is 5.80. The van der Waals surface area contributed by atoms with Crippen LogP contribution in [-0.2, 0) is 4.74 Å². The Morgan fingerprint density at radius 3 is 2.63 bits per heavy atom. The van der Waals surface area contributed by atoms with E-state index in [-0.39, 0.29) is 0 Å². The van der Waals surface area contributed by atoms with E-state index in [1.54, 1.807) is 7.11 Å². The molecule has 0 aliphatic heterocycles. The third-order valence-corrected chi connectivity index (χ3v) is 4.60. The van der Waals surface area contributed by atoms with E-state index in [0.29, 0.717) is 11.5 Å². The van der Waals surface area contributed by atoms with Gasteiger partial charge in [0.25, 0.3) is 0 Å². The smallest absolute Gasteiger partial charge is 0.191 e. The quantitative estimate of drug-likeness (QED) is 0.549. The zero-order valence-electron chi connectivity index (χ0n) is 12.7. The van der Waals surface area contributed by atoms with Gasteiger partial charge in [0.1, 0.15) is 0 Å². The lowest BCUT2D eigenvalue weighted by atomic mass is 9.67. The second-order valence-corrected chi connectivity index (χ2v) is 6.26. The second kappa shape index (κ2) is 6.60. The van der Waals surface area contributed by atoms with Gasteiger partial charge in [-0.05, 0) is 43.9 Å². The molecule has 19 heavy (non-hydrogen) atoms. The highest BCUT2D eigenvalue weighted by Crippen LogP contribution is 2.44. The summed E-state index contributed by atoms with van der Waals surface area (Å²) in [5.74, 6) is 1.80. The number of hydrogen-bond donors (Lipinski definition) is 2. The normalized spacial score (nSPS) is 28.7. The van der Waals surface area contributed by atoms with Crippen LogP contribution in [0.1, 0.15) is 46.0 Å². The first kappa shape index (κ1) is 14.6. The first-order valence-corrected chi connectivity index (χ1v) is 7.73. The van der Waals surface area contributed by atoms with E-state index in [2.05, 4.69) is 24.5 Å². The van der Waals surface area contributed by atoms with Crippen molar-refractivity contribution >= 4 is 5.96 Å². The lowest BCUT2D eigenvalue weighted by molar-refractivity contribution is 0.0778. The molecule has 2 atom stereocenters. The van der Waals surface area contributed by atoms with Crippen LogP contribution in [0.15, 0.2) is 4.99 Å². The van der Waals surface area contributed by atoms with E-state index in [4.69, 9.17) is 9.73 Å². The maximum Gasteiger partial charge on any atom is 0.191 e. The van der Waals surface area contributed by atoms with Gasteiger partial charge in [0.05, 0.1) is 0 Å². The zero-order valence-corrected chi connectivity index (χ0v) is 12.7. The fraction of sp³-hybridized carbons (Fsp3) is 0.933. The van der Waals surface area contributed by atoms with Gasteiger partial charge >= 0.3 is 0 Å². The van der Waals surface area contributed by atoms with Crippen molar-refractivity contribution in [2.45, 2.75) is 52.0 Å². The van der Waals surface area contributed by atoms with Gasteiger partial charge in [-0.1, -0.05) is 13.3 Å². The third-order valence-electron chi connectivity index (χ3n) is 4.60. The van der Waals surface area contributed by atoms with E-state index in [0.717, 1.165) is 38.0 Å². The molecule has 0 radical (unpaired) electrons. The number of nitrogens with one attached hydrogen (secondary N) is 2. The Labute approximate surface area is 117 Å². The first-order valence-electron chi connectivity index (χ1n) is 7.73. The number of rotatable bonds is 7. The predicted octanol–water partition coefficient (Wildman–Crippen LogP) is 2.16. The van der Waals surface area contributed by atoms with Crippen molar-refractivity contribution < 1.29 is 4.74 Å². The summed E-state index contributed by atoms with van der Waals surface area (Å²) in [7, 11) is 1.79. The van der Waals surface area contributed by atoms with E-state index in [1.807, 2.05) is 0 Å². The fourth-order valence-electron chi connectivity index (χ4n) is 2.75. The molecule has 2 aliphatic rings. The highest BCUT2D eigenvalue weighted by Gasteiger charge is 2.37.